The van der Waals surface area contributed by atoms with Crippen molar-refractivity contribution in [3.05, 3.63) is 55.0 Å². The van der Waals surface area contributed by atoms with E-state index in [-0.39, 0.29) is 0 Å². The van der Waals surface area contributed by atoms with E-state index in [0.29, 0.717) is 5.11 Å². The van der Waals surface area contributed by atoms with Crippen molar-refractivity contribution in [2.24, 2.45) is 0 Å². The Hall–Kier alpha value is -2.77. The van der Waals surface area contributed by atoms with E-state index in [0.717, 1.165) is 48.6 Å². The zero-order chi connectivity index (χ0) is 17.8. The predicted octanol–water partition coefficient (Wildman–Crippen LogP) is 3.28. The summed E-state index contributed by atoms with van der Waals surface area (Å²) in [6, 6.07) is 14.1. The average Bonchev–Trinajstić information content (AvgIpc) is 2.69. The van der Waals surface area contributed by atoms with E-state index in [1.807, 2.05) is 30.3 Å². The molecule has 132 valence electrons. The van der Waals surface area contributed by atoms with Crippen LogP contribution in [0, 0.1) is 0 Å². The fourth-order valence-electron chi connectivity index (χ4n) is 2.93. The highest BCUT2D eigenvalue weighted by molar-refractivity contribution is 7.80. The number of rotatable bonds is 3. The van der Waals surface area contributed by atoms with Crippen LogP contribution in [0.1, 0.15) is 0 Å². The van der Waals surface area contributed by atoms with Crippen LogP contribution in [0.5, 0.6) is 0 Å². The van der Waals surface area contributed by atoms with E-state index < -0.39 is 0 Å². The van der Waals surface area contributed by atoms with Crippen LogP contribution >= 0.6 is 12.2 Å². The van der Waals surface area contributed by atoms with Crippen LogP contribution in [0.4, 0.5) is 17.1 Å². The Labute approximate surface area is 157 Å². The van der Waals surface area contributed by atoms with Gasteiger partial charge < -0.3 is 20.3 Å². The van der Waals surface area contributed by atoms with Crippen molar-refractivity contribution in [2.45, 2.75) is 0 Å². The summed E-state index contributed by atoms with van der Waals surface area (Å²) in [6.07, 6.45) is 3.33. The minimum absolute atomic E-state index is 0.542. The highest BCUT2D eigenvalue weighted by atomic mass is 32.1. The number of nitrogens with one attached hydrogen (secondary N) is 2. The van der Waals surface area contributed by atoms with Crippen LogP contribution in [0.15, 0.2) is 55.0 Å². The number of hydrogen-bond donors (Lipinski definition) is 2. The van der Waals surface area contributed by atoms with Crippen LogP contribution in [0.25, 0.3) is 10.9 Å². The van der Waals surface area contributed by atoms with E-state index in [9.17, 15) is 0 Å². The lowest BCUT2D eigenvalue weighted by Gasteiger charge is -2.29. The van der Waals surface area contributed by atoms with Crippen molar-refractivity contribution in [1.29, 1.82) is 0 Å². The van der Waals surface area contributed by atoms with Gasteiger partial charge in [-0.25, -0.2) is 9.97 Å². The molecule has 0 amide bonds. The van der Waals surface area contributed by atoms with Gasteiger partial charge in [0, 0.05) is 41.7 Å². The maximum Gasteiger partial charge on any atom is 0.175 e. The van der Waals surface area contributed by atoms with Gasteiger partial charge in [-0.05, 0) is 54.7 Å². The molecule has 7 heteroatoms. The molecule has 1 fully saturated rings. The summed E-state index contributed by atoms with van der Waals surface area (Å²) in [6.45, 7) is 3.42. The number of anilines is 3. The Kier molecular flexibility index (Phi) is 4.90. The molecule has 1 aromatic heterocycles. The van der Waals surface area contributed by atoms with Gasteiger partial charge >= 0.3 is 0 Å². The normalized spacial score (nSPS) is 14.2. The number of aromatic nitrogens is 2. The largest absolute Gasteiger partial charge is 0.378 e. The maximum atomic E-state index is 5.42. The first-order valence-corrected chi connectivity index (χ1v) is 8.89. The summed E-state index contributed by atoms with van der Waals surface area (Å²) in [7, 11) is 0. The van der Waals surface area contributed by atoms with Gasteiger partial charge in [-0.3, -0.25) is 0 Å². The second-order valence-corrected chi connectivity index (χ2v) is 6.43. The third-order valence-corrected chi connectivity index (χ3v) is 4.47. The number of benzene rings is 2. The topological polar surface area (TPSA) is 62.3 Å². The predicted molar refractivity (Wildman–Crippen MR) is 109 cm³/mol. The van der Waals surface area contributed by atoms with Crippen LogP contribution in [-0.4, -0.2) is 41.4 Å². The Morgan fingerprint density at radius 2 is 1.73 bits per heavy atom. The number of morpholine rings is 1. The van der Waals surface area contributed by atoms with Crippen LogP contribution in [-0.2, 0) is 4.74 Å². The second kappa shape index (κ2) is 7.63. The number of hydrogen-bond acceptors (Lipinski definition) is 5. The molecule has 26 heavy (non-hydrogen) atoms. The average molecular weight is 365 g/mol. The maximum absolute atomic E-state index is 5.42. The molecule has 0 unspecified atom stereocenters. The molecule has 0 spiro atoms. The summed E-state index contributed by atoms with van der Waals surface area (Å²) >= 11 is 5.42. The summed E-state index contributed by atoms with van der Waals surface area (Å²) in [5.74, 6) is 0. The number of ether oxygens (including phenoxy) is 1. The van der Waals surface area contributed by atoms with Crippen molar-refractivity contribution in [1.82, 2.24) is 9.97 Å². The van der Waals surface area contributed by atoms with Gasteiger partial charge in [0.05, 0.1) is 18.7 Å². The Morgan fingerprint density at radius 3 is 2.54 bits per heavy atom. The molecule has 2 N–H and O–H groups in total. The summed E-state index contributed by atoms with van der Waals surface area (Å²) in [5.41, 5.74) is 3.95. The van der Waals surface area contributed by atoms with Gasteiger partial charge in [0.25, 0.3) is 0 Å². The second-order valence-electron chi connectivity index (χ2n) is 6.02. The smallest absolute Gasteiger partial charge is 0.175 e. The molecule has 1 aliphatic heterocycles. The van der Waals surface area contributed by atoms with Crippen molar-refractivity contribution in [3.8, 4) is 0 Å². The standard InChI is InChI=1S/C19H19N5OS/c26-19(23-16-3-6-18-14(11-16)12-20-13-21-18)22-15-1-4-17(5-2-15)24-7-9-25-10-8-24/h1-6,11-13H,7-10H2,(H2,22,23,26). The quantitative estimate of drug-likeness (QED) is 0.691. The number of thiocarbonyl (C=S) groups is 1. The Morgan fingerprint density at radius 1 is 1.00 bits per heavy atom. The minimum Gasteiger partial charge on any atom is -0.378 e. The van der Waals surface area contributed by atoms with E-state index in [2.05, 4.69) is 37.6 Å². The minimum atomic E-state index is 0.542. The monoisotopic (exact) mass is 365 g/mol. The Bertz CT molecular complexity index is 909. The summed E-state index contributed by atoms with van der Waals surface area (Å²) in [4.78, 5) is 10.6. The molecule has 1 saturated heterocycles. The van der Waals surface area contributed by atoms with E-state index >= 15 is 0 Å². The summed E-state index contributed by atoms with van der Waals surface area (Å²) < 4.78 is 5.39. The molecule has 0 radical (unpaired) electrons. The first-order valence-electron chi connectivity index (χ1n) is 8.48. The van der Waals surface area contributed by atoms with Gasteiger partial charge in [0.1, 0.15) is 6.33 Å². The molecule has 3 aromatic rings. The van der Waals surface area contributed by atoms with Crippen LogP contribution in [0.2, 0.25) is 0 Å². The molecule has 2 heterocycles. The van der Waals surface area contributed by atoms with Gasteiger partial charge in [-0.1, -0.05) is 0 Å². The van der Waals surface area contributed by atoms with Crippen molar-refractivity contribution < 1.29 is 4.74 Å². The molecule has 6 nitrogen and oxygen atoms in total. The lowest BCUT2D eigenvalue weighted by atomic mass is 10.2. The van der Waals surface area contributed by atoms with Crippen LogP contribution in [0.3, 0.4) is 0 Å². The first-order chi connectivity index (χ1) is 12.8. The third-order valence-electron chi connectivity index (χ3n) is 4.26. The van der Waals surface area contributed by atoms with Crippen molar-refractivity contribution in [3.63, 3.8) is 0 Å². The number of nitrogens with zero attached hydrogens (tertiary/aromatic N) is 3. The lowest BCUT2D eigenvalue weighted by molar-refractivity contribution is 0.122. The molecular formula is C19H19N5OS. The van der Waals surface area contributed by atoms with E-state index in [4.69, 9.17) is 17.0 Å². The zero-order valence-electron chi connectivity index (χ0n) is 14.2. The highest BCUT2D eigenvalue weighted by Crippen LogP contribution is 2.20. The molecule has 0 saturated carbocycles. The van der Waals surface area contributed by atoms with Gasteiger partial charge in [0.15, 0.2) is 5.11 Å². The molecule has 0 aliphatic carbocycles. The molecule has 0 atom stereocenters. The van der Waals surface area contributed by atoms with Crippen molar-refractivity contribution in [2.75, 3.05) is 41.8 Å². The van der Waals surface area contributed by atoms with Crippen molar-refractivity contribution >= 4 is 45.3 Å². The van der Waals surface area contributed by atoms with Crippen LogP contribution < -0.4 is 15.5 Å². The van der Waals surface area contributed by atoms with E-state index in [1.165, 1.54) is 5.69 Å². The summed E-state index contributed by atoms with van der Waals surface area (Å²) in [5, 5.41) is 7.92. The van der Waals surface area contributed by atoms with Gasteiger partial charge in [-0.2, -0.15) is 0 Å². The van der Waals surface area contributed by atoms with Gasteiger partial charge in [0.2, 0.25) is 0 Å². The van der Waals surface area contributed by atoms with E-state index in [1.54, 1.807) is 12.5 Å². The molecule has 0 bridgehead atoms. The molecule has 4 rings (SSSR count). The molecule has 1 aliphatic rings. The first kappa shape index (κ1) is 16.7. The van der Waals surface area contributed by atoms with Gasteiger partial charge in [-0.15, -0.1) is 0 Å². The highest BCUT2D eigenvalue weighted by Gasteiger charge is 2.10. The SMILES string of the molecule is S=C(Nc1ccc(N2CCOCC2)cc1)Nc1ccc2ncncc2c1. The lowest BCUT2D eigenvalue weighted by Crippen LogP contribution is -2.36. The third kappa shape index (κ3) is 3.89. The Balaban J connectivity index is 1.39. The zero-order valence-corrected chi connectivity index (χ0v) is 15.0. The fourth-order valence-corrected chi connectivity index (χ4v) is 3.17. The molecular weight excluding hydrogens is 346 g/mol. The molecule has 2 aromatic carbocycles. The fraction of sp³-hybridized carbons (Fsp3) is 0.211. The number of fused-ring (bicyclic) bond motifs is 1.